The molecule has 1 amide bonds. The number of hydrogen-bond acceptors (Lipinski definition) is 4. The Morgan fingerprint density at radius 2 is 1.61 bits per heavy atom. The Kier molecular flexibility index (Phi) is 7.03. The molecule has 3 rings (SSSR count). The summed E-state index contributed by atoms with van der Waals surface area (Å²) in [5, 5.41) is 2.85. The highest BCUT2D eigenvalue weighted by Crippen LogP contribution is 2.24. The first-order chi connectivity index (χ1) is 14.8. The van der Waals surface area contributed by atoms with Gasteiger partial charge in [-0.1, -0.05) is 42.5 Å². The van der Waals surface area contributed by atoms with Crippen molar-refractivity contribution in [1.29, 1.82) is 0 Å². The van der Waals surface area contributed by atoms with Gasteiger partial charge < -0.3 is 14.8 Å². The van der Waals surface area contributed by atoms with Crippen molar-refractivity contribution in [1.82, 2.24) is 0 Å². The first kappa shape index (κ1) is 22.0. The van der Waals surface area contributed by atoms with Gasteiger partial charge in [-0.2, -0.15) is 0 Å². The molecule has 0 aliphatic carbocycles. The Bertz CT molecular complexity index is 1050. The van der Waals surface area contributed by atoms with Crippen LogP contribution >= 0.6 is 0 Å². The van der Waals surface area contributed by atoms with Gasteiger partial charge in [-0.3, -0.25) is 4.79 Å². The van der Waals surface area contributed by atoms with Gasteiger partial charge in [0.1, 0.15) is 11.6 Å². The lowest BCUT2D eigenvalue weighted by atomic mass is 10.1. The van der Waals surface area contributed by atoms with Crippen LogP contribution in [0.25, 0.3) is 0 Å². The third-order valence-corrected chi connectivity index (χ3v) is 4.68. The van der Waals surface area contributed by atoms with Crippen molar-refractivity contribution in [2.75, 3.05) is 5.32 Å². The van der Waals surface area contributed by atoms with Crippen LogP contribution in [-0.2, 0) is 14.3 Å². The molecule has 0 aliphatic heterocycles. The van der Waals surface area contributed by atoms with Crippen molar-refractivity contribution in [2.24, 2.45) is 0 Å². The quantitative estimate of drug-likeness (QED) is 0.537. The first-order valence-electron chi connectivity index (χ1n) is 9.89. The van der Waals surface area contributed by atoms with Gasteiger partial charge in [0.15, 0.2) is 6.10 Å². The molecule has 0 fully saturated rings. The highest BCUT2D eigenvalue weighted by molar-refractivity contribution is 5.97. The van der Waals surface area contributed by atoms with Gasteiger partial charge in [-0.25, -0.2) is 9.18 Å². The number of carbonyl (C=O) groups excluding carboxylic acids is 2. The molecule has 0 heterocycles. The number of anilines is 1. The van der Waals surface area contributed by atoms with Crippen LogP contribution in [-0.4, -0.2) is 18.0 Å². The van der Waals surface area contributed by atoms with E-state index in [4.69, 9.17) is 9.47 Å². The molecule has 0 radical (unpaired) electrons. The maximum absolute atomic E-state index is 13.1. The van der Waals surface area contributed by atoms with Gasteiger partial charge >= 0.3 is 5.97 Å². The Morgan fingerprint density at radius 3 is 2.29 bits per heavy atom. The van der Waals surface area contributed by atoms with Gasteiger partial charge in [-0.05, 0) is 62.2 Å². The van der Waals surface area contributed by atoms with Crippen molar-refractivity contribution in [2.45, 2.75) is 33.0 Å². The molecule has 1 N–H and O–H groups in total. The molecule has 0 bridgehead atoms. The lowest BCUT2D eigenvalue weighted by Gasteiger charge is -2.21. The van der Waals surface area contributed by atoms with E-state index in [2.05, 4.69) is 5.32 Å². The second kappa shape index (κ2) is 9.89. The molecule has 2 atom stereocenters. The second-order valence-corrected chi connectivity index (χ2v) is 7.25. The fraction of sp³-hybridized carbons (Fsp3) is 0.200. The summed E-state index contributed by atoms with van der Waals surface area (Å²) < 4.78 is 24.1. The maximum atomic E-state index is 13.1. The number of hydrogen-bond donors (Lipinski definition) is 1. The van der Waals surface area contributed by atoms with Crippen molar-refractivity contribution in [3.63, 3.8) is 0 Å². The summed E-state index contributed by atoms with van der Waals surface area (Å²) in [6.45, 7) is 5.33. The minimum absolute atomic E-state index is 0.321. The molecule has 0 aliphatic rings. The lowest BCUT2D eigenvalue weighted by Crippen LogP contribution is -2.32. The van der Waals surface area contributed by atoms with E-state index in [-0.39, 0.29) is 0 Å². The zero-order valence-corrected chi connectivity index (χ0v) is 17.6. The number of nitrogens with one attached hydrogen (secondary N) is 1. The standard InChI is InChI=1S/C25H24FNO4/c1-16-9-10-17(2)22(15-16)27-24(28)23(19-7-5-4-6-8-19)31-25(29)18(3)30-21-13-11-20(26)12-14-21/h4-15,18,23H,1-3H3,(H,27,28)/t18-,23+/m0/s1. The molecule has 0 aromatic heterocycles. The van der Waals surface area contributed by atoms with Crippen LogP contribution in [0.3, 0.4) is 0 Å². The number of amides is 1. The summed E-state index contributed by atoms with van der Waals surface area (Å²) in [6.07, 6.45) is -2.15. The van der Waals surface area contributed by atoms with Crippen LogP contribution in [0.5, 0.6) is 5.75 Å². The van der Waals surface area contributed by atoms with Crippen LogP contribution in [0.2, 0.25) is 0 Å². The predicted octanol–water partition coefficient (Wildman–Crippen LogP) is 5.13. The number of ether oxygens (including phenoxy) is 2. The van der Waals surface area contributed by atoms with Crippen LogP contribution in [0.1, 0.15) is 29.7 Å². The third-order valence-electron chi connectivity index (χ3n) is 4.68. The zero-order valence-electron chi connectivity index (χ0n) is 17.6. The van der Waals surface area contributed by atoms with E-state index < -0.39 is 29.9 Å². The van der Waals surface area contributed by atoms with E-state index >= 15 is 0 Å². The molecule has 3 aromatic rings. The van der Waals surface area contributed by atoms with E-state index in [0.717, 1.165) is 11.1 Å². The number of carbonyl (C=O) groups is 2. The summed E-state index contributed by atoms with van der Waals surface area (Å²) in [7, 11) is 0. The molecule has 31 heavy (non-hydrogen) atoms. The minimum Gasteiger partial charge on any atom is -0.479 e. The first-order valence-corrected chi connectivity index (χ1v) is 9.89. The van der Waals surface area contributed by atoms with E-state index in [1.807, 2.05) is 38.1 Å². The van der Waals surface area contributed by atoms with E-state index in [1.54, 1.807) is 24.3 Å². The second-order valence-electron chi connectivity index (χ2n) is 7.25. The fourth-order valence-electron chi connectivity index (χ4n) is 2.95. The molecule has 0 unspecified atom stereocenters. The van der Waals surface area contributed by atoms with Gasteiger partial charge in [-0.15, -0.1) is 0 Å². The highest BCUT2D eigenvalue weighted by Gasteiger charge is 2.28. The average molecular weight is 421 g/mol. The Morgan fingerprint density at radius 1 is 0.935 bits per heavy atom. The van der Waals surface area contributed by atoms with Gasteiger partial charge in [0.25, 0.3) is 5.91 Å². The van der Waals surface area contributed by atoms with Crippen LogP contribution in [0.15, 0.2) is 72.8 Å². The monoisotopic (exact) mass is 421 g/mol. The van der Waals surface area contributed by atoms with Crippen LogP contribution < -0.4 is 10.1 Å². The summed E-state index contributed by atoms with van der Waals surface area (Å²) >= 11 is 0. The van der Waals surface area contributed by atoms with Gasteiger partial charge in [0.05, 0.1) is 0 Å². The molecule has 160 valence electrons. The molecule has 3 aromatic carbocycles. The number of rotatable bonds is 7. The van der Waals surface area contributed by atoms with Crippen molar-refractivity contribution in [3.05, 3.63) is 95.3 Å². The highest BCUT2D eigenvalue weighted by atomic mass is 19.1. The molecule has 0 saturated carbocycles. The molecule has 5 nitrogen and oxygen atoms in total. The number of benzene rings is 3. The zero-order chi connectivity index (χ0) is 22.4. The average Bonchev–Trinajstić information content (AvgIpc) is 2.76. The Hall–Kier alpha value is -3.67. The van der Waals surface area contributed by atoms with Gasteiger partial charge in [0, 0.05) is 11.3 Å². The van der Waals surface area contributed by atoms with E-state index in [1.165, 1.54) is 31.2 Å². The smallest absolute Gasteiger partial charge is 0.348 e. The topological polar surface area (TPSA) is 64.6 Å². The summed E-state index contributed by atoms with van der Waals surface area (Å²) in [5.41, 5.74) is 3.07. The SMILES string of the molecule is Cc1ccc(C)c(NC(=O)[C@H](OC(=O)[C@H](C)Oc2ccc(F)cc2)c2ccccc2)c1. The maximum Gasteiger partial charge on any atom is 0.348 e. The predicted molar refractivity (Wildman–Crippen MR) is 116 cm³/mol. The fourth-order valence-corrected chi connectivity index (χ4v) is 2.95. The normalized spacial score (nSPS) is 12.5. The molecular formula is C25H24FNO4. The molecule has 0 saturated heterocycles. The third kappa shape index (κ3) is 5.92. The van der Waals surface area contributed by atoms with E-state index in [0.29, 0.717) is 17.0 Å². The Labute approximate surface area is 180 Å². The lowest BCUT2D eigenvalue weighted by molar-refractivity contribution is -0.161. The van der Waals surface area contributed by atoms with Gasteiger partial charge in [0.2, 0.25) is 6.10 Å². The number of aryl methyl sites for hydroxylation is 2. The largest absolute Gasteiger partial charge is 0.479 e. The number of esters is 1. The minimum atomic E-state index is -1.16. The Balaban J connectivity index is 1.77. The summed E-state index contributed by atoms with van der Waals surface area (Å²) in [4.78, 5) is 25.7. The van der Waals surface area contributed by atoms with Crippen molar-refractivity contribution >= 4 is 17.6 Å². The molecular weight excluding hydrogens is 397 g/mol. The van der Waals surface area contributed by atoms with Crippen molar-refractivity contribution in [3.8, 4) is 5.75 Å². The molecule has 6 heteroatoms. The summed E-state index contributed by atoms with van der Waals surface area (Å²) in [5.74, 6) is -1.27. The summed E-state index contributed by atoms with van der Waals surface area (Å²) in [6, 6.07) is 19.8. The molecule has 0 spiro atoms. The van der Waals surface area contributed by atoms with Crippen LogP contribution in [0, 0.1) is 19.7 Å². The van der Waals surface area contributed by atoms with Crippen LogP contribution in [0.4, 0.5) is 10.1 Å². The van der Waals surface area contributed by atoms with Crippen molar-refractivity contribution < 1.29 is 23.5 Å². The van der Waals surface area contributed by atoms with E-state index in [9.17, 15) is 14.0 Å². The number of halogens is 1.